The second-order valence-electron chi connectivity index (χ2n) is 8.54. The van der Waals surface area contributed by atoms with Crippen molar-refractivity contribution in [1.82, 2.24) is 10.2 Å². The Kier molecular flexibility index (Phi) is 8.68. The third-order valence-electron chi connectivity index (χ3n) is 6.06. The lowest BCUT2D eigenvalue weighted by Gasteiger charge is -2.36. The van der Waals surface area contributed by atoms with Gasteiger partial charge in [-0.1, -0.05) is 27.5 Å². The number of hydrogen-bond donors (Lipinski definition) is 2. The van der Waals surface area contributed by atoms with Crippen molar-refractivity contribution in [3.63, 3.8) is 0 Å². The first kappa shape index (κ1) is 26.9. The molecule has 7 nitrogen and oxygen atoms in total. The van der Waals surface area contributed by atoms with Crippen LogP contribution in [0.15, 0.2) is 65.1 Å². The summed E-state index contributed by atoms with van der Waals surface area (Å²) in [7, 11) is 1.53. The van der Waals surface area contributed by atoms with Crippen LogP contribution in [-0.2, 0) is 0 Å². The first-order valence-corrected chi connectivity index (χ1v) is 13.2. The van der Waals surface area contributed by atoms with Gasteiger partial charge in [0.05, 0.1) is 12.7 Å². The minimum atomic E-state index is -0.360. The number of amides is 2. The van der Waals surface area contributed by atoms with Gasteiger partial charge in [0.15, 0.2) is 5.11 Å². The molecule has 0 radical (unpaired) electrons. The van der Waals surface area contributed by atoms with Crippen LogP contribution in [0.5, 0.6) is 5.75 Å². The van der Waals surface area contributed by atoms with Crippen molar-refractivity contribution in [2.75, 3.05) is 43.5 Å². The van der Waals surface area contributed by atoms with E-state index in [-0.39, 0.29) is 16.9 Å². The molecule has 0 atom stereocenters. The fourth-order valence-electron chi connectivity index (χ4n) is 4.20. The number of anilines is 2. The molecule has 3 aromatic carbocycles. The Balaban J connectivity index is 1.31. The van der Waals surface area contributed by atoms with E-state index in [1.807, 2.05) is 42.2 Å². The number of piperazine rings is 1. The Morgan fingerprint density at radius 1 is 1.00 bits per heavy atom. The highest BCUT2D eigenvalue weighted by Gasteiger charge is 2.22. The lowest BCUT2D eigenvalue weighted by Crippen LogP contribution is -2.48. The number of nitrogens with one attached hydrogen (secondary N) is 2. The number of carbonyl (C=O) groups is 2. The molecule has 1 aliphatic rings. The van der Waals surface area contributed by atoms with Crippen LogP contribution in [0.2, 0.25) is 5.02 Å². The van der Waals surface area contributed by atoms with Crippen molar-refractivity contribution in [2.45, 2.75) is 6.92 Å². The van der Waals surface area contributed by atoms with Crippen LogP contribution in [0.1, 0.15) is 26.3 Å². The summed E-state index contributed by atoms with van der Waals surface area (Å²) in [5.74, 6) is 0.159. The Labute approximate surface area is 234 Å². The molecule has 0 saturated carbocycles. The zero-order chi connectivity index (χ0) is 26.5. The van der Waals surface area contributed by atoms with Crippen molar-refractivity contribution < 1.29 is 14.3 Å². The molecule has 192 valence electrons. The molecule has 1 fully saturated rings. The summed E-state index contributed by atoms with van der Waals surface area (Å²) in [6.07, 6.45) is 0. The number of carbonyl (C=O) groups excluding carboxylic acids is 2. The molecule has 37 heavy (non-hydrogen) atoms. The number of methoxy groups -OCH3 is 1. The van der Waals surface area contributed by atoms with Gasteiger partial charge in [0.2, 0.25) is 0 Å². The van der Waals surface area contributed by atoms with Crippen molar-refractivity contribution in [2.24, 2.45) is 0 Å². The quantitative estimate of drug-likeness (QED) is 0.376. The fourth-order valence-corrected chi connectivity index (χ4v) is 5.11. The summed E-state index contributed by atoms with van der Waals surface area (Å²) in [5, 5.41) is 6.56. The molecule has 3 aromatic rings. The summed E-state index contributed by atoms with van der Waals surface area (Å²) in [6.45, 7) is 4.60. The van der Waals surface area contributed by atoms with Crippen LogP contribution in [0.25, 0.3) is 0 Å². The van der Waals surface area contributed by atoms with E-state index in [1.165, 1.54) is 7.11 Å². The summed E-state index contributed by atoms with van der Waals surface area (Å²) in [4.78, 5) is 29.6. The molecule has 0 aromatic heterocycles. The van der Waals surface area contributed by atoms with E-state index < -0.39 is 0 Å². The molecule has 0 unspecified atom stereocenters. The maximum atomic E-state index is 12.8. The van der Waals surface area contributed by atoms with Crippen LogP contribution < -0.4 is 20.3 Å². The van der Waals surface area contributed by atoms with Gasteiger partial charge in [0.25, 0.3) is 11.8 Å². The SMILES string of the molecule is COc1c(C)cc(Br)cc1C(=O)NC(=S)Nc1ccc(N2CCN(C(=O)c3ccc(Cl)cc3)CC2)cc1. The highest BCUT2D eigenvalue weighted by Crippen LogP contribution is 2.28. The van der Waals surface area contributed by atoms with E-state index >= 15 is 0 Å². The van der Waals surface area contributed by atoms with E-state index in [0.29, 0.717) is 35.0 Å². The predicted molar refractivity (Wildman–Crippen MR) is 155 cm³/mol. The molecule has 0 aliphatic carbocycles. The Bertz CT molecular complexity index is 1310. The fraction of sp³-hybridized carbons (Fsp3) is 0.222. The molecule has 1 aliphatic heterocycles. The average molecular weight is 602 g/mol. The summed E-state index contributed by atoms with van der Waals surface area (Å²) < 4.78 is 6.17. The van der Waals surface area contributed by atoms with Crippen molar-refractivity contribution in [3.05, 3.63) is 86.8 Å². The second kappa shape index (κ2) is 11.9. The average Bonchev–Trinajstić information content (AvgIpc) is 2.89. The van der Waals surface area contributed by atoms with Crippen LogP contribution in [0, 0.1) is 6.92 Å². The zero-order valence-electron chi connectivity index (χ0n) is 20.4. The van der Waals surface area contributed by atoms with Gasteiger partial charge in [-0.15, -0.1) is 0 Å². The van der Waals surface area contributed by atoms with Gasteiger partial charge in [-0.05, 0) is 85.4 Å². The molecule has 2 amide bonds. The maximum Gasteiger partial charge on any atom is 0.261 e. The van der Waals surface area contributed by atoms with Crippen molar-refractivity contribution in [3.8, 4) is 5.75 Å². The first-order valence-electron chi connectivity index (χ1n) is 11.6. The highest BCUT2D eigenvalue weighted by molar-refractivity contribution is 9.10. The van der Waals surface area contributed by atoms with Gasteiger partial charge >= 0.3 is 0 Å². The van der Waals surface area contributed by atoms with Gasteiger partial charge < -0.3 is 19.9 Å². The minimum Gasteiger partial charge on any atom is -0.496 e. The molecule has 1 heterocycles. The maximum absolute atomic E-state index is 12.8. The monoisotopic (exact) mass is 600 g/mol. The molecular formula is C27H26BrClN4O3S. The predicted octanol–water partition coefficient (Wildman–Crippen LogP) is 5.51. The molecule has 2 N–H and O–H groups in total. The van der Waals surface area contributed by atoms with Gasteiger partial charge in [0, 0.05) is 52.6 Å². The van der Waals surface area contributed by atoms with Gasteiger partial charge in [-0.3, -0.25) is 14.9 Å². The molecule has 4 rings (SSSR count). The van der Waals surface area contributed by atoms with E-state index in [2.05, 4.69) is 31.5 Å². The van der Waals surface area contributed by atoms with E-state index in [4.69, 9.17) is 28.6 Å². The lowest BCUT2D eigenvalue weighted by molar-refractivity contribution is 0.0746. The standard InChI is InChI=1S/C27H26BrClN4O3S/c1-17-15-19(28)16-23(24(17)36-2)25(34)31-27(37)30-21-7-9-22(10-8-21)32-11-13-33(14-12-32)26(35)18-3-5-20(29)6-4-18/h3-10,15-16H,11-14H2,1-2H3,(H2,30,31,34,37). The second-order valence-corrected chi connectivity index (χ2v) is 10.3. The third kappa shape index (κ3) is 6.60. The Morgan fingerprint density at radius 2 is 1.65 bits per heavy atom. The summed E-state index contributed by atoms with van der Waals surface area (Å²) in [5.41, 5.74) is 3.68. The molecule has 0 spiro atoms. The molecule has 1 saturated heterocycles. The summed E-state index contributed by atoms with van der Waals surface area (Å²) in [6, 6.07) is 18.3. The molecular weight excluding hydrogens is 576 g/mol. The van der Waals surface area contributed by atoms with Crippen molar-refractivity contribution in [1.29, 1.82) is 0 Å². The van der Waals surface area contributed by atoms with Gasteiger partial charge in [0.1, 0.15) is 5.75 Å². The van der Waals surface area contributed by atoms with E-state index in [9.17, 15) is 9.59 Å². The van der Waals surface area contributed by atoms with Crippen molar-refractivity contribution >= 4 is 68.1 Å². The number of benzene rings is 3. The number of thiocarbonyl (C=S) groups is 1. The highest BCUT2D eigenvalue weighted by atomic mass is 79.9. The first-order chi connectivity index (χ1) is 17.7. The normalized spacial score (nSPS) is 13.2. The minimum absolute atomic E-state index is 0.0158. The van der Waals surface area contributed by atoms with E-state index in [1.54, 1.807) is 30.3 Å². The molecule has 0 bridgehead atoms. The zero-order valence-corrected chi connectivity index (χ0v) is 23.5. The summed E-state index contributed by atoms with van der Waals surface area (Å²) >= 11 is 14.7. The van der Waals surface area contributed by atoms with Crippen LogP contribution in [0.3, 0.4) is 0 Å². The number of ether oxygens (including phenoxy) is 1. The molecule has 10 heteroatoms. The number of aryl methyl sites for hydroxylation is 1. The number of nitrogens with zero attached hydrogens (tertiary/aromatic N) is 2. The number of rotatable bonds is 5. The topological polar surface area (TPSA) is 73.9 Å². The number of halogens is 2. The largest absolute Gasteiger partial charge is 0.496 e. The smallest absolute Gasteiger partial charge is 0.261 e. The number of hydrogen-bond acceptors (Lipinski definition) is 5. The lowest BCUT2D eigenvalue weighted by atomic mass is 10.1. The van der Waals surface area contributed by atoms with Gasteiger partial charge in [-0.2, -0.15) is 0 Å². The van der Waals surface area contributed by atoms with Crippen LogP contribution >= 0.6 is 39.7 Å². The Morgan fingerprint density at radius 3 is 2.27 bits per heavy atom. The van der Waals surface area contributed by atoms with Crippen LogP contribution in [0.4, 0.5) is 11.4 Å². The van der Waals surface area contributed by atoms with Gasteiger partial charge in [-0.25, -0.2) is 0 Å². The van der Waals surface area contributed by atoms with E-state index in [0.717, 1.165) is 34.5 Å². The Hall–Kier alpha value is -3.14. The third-order valence-corrected chi connectivity index (χ3v) is 6.98. The van der Waals surface area contributed by atoms with Crippen LogP contribution in [-0.4, -0.2) is 55.1 Å².